The van der Waals surface area contributed by atoms with Crippen molar-refractivity contribution in [2.24, 2.45) is 0 Å². The van der Waals surface area contributed by atoms with Gasteiger partial charge in [0, 0.05) is 23.5 Å². The molecule has 2 heterocycles. The number of fused-ring (bicyclic) bond motifs is 1. The maximum atomic E-state index is 11.1. The first kappa shape index (κ1) is 17.6. The van der Waals surface area contributed by atoms with Crippen LogP contribution in [-0.2, 0) is 10.1 Å². The summed E-state index contributed by atoms with van der Waals surface area (Å²) in [6.45, 7) is 0.314. The fourth-order valence-electron chi connectivity index (χ4n) is 2.02. The van der Waals surface area contributed by atoms with E-state index in [0.717, 1.165) is 0 Å². The summed E-state index contributed by atoms with van der Waals surface area (Å²) in [6, 6.07) is 5.83. The van der Waals surface area contributed by atoms with Crippen LogP contribution >= 0.6 is 11.3 Å². The summed E-state index contributed by atoms with van der Waals surface area (Å²) in [5.74, 6) is 1.37. The Bertz CT molecular complexity index is 761. The van der Waals surface area contributed by atoms with Gasteiger partial charge in [0.15, 0.2) is 11.5 Å². The van der Waals surface area contributed by atoms with Gasteiger partial charge in [-0.15, -0.1) is 11.3 Å². The average Bonchev–Trinajstić information content (AvgIpc) is 2.93. The molecule has 1 unspecified atom stereocenters. The molecule has 0 amide bonds. The van der Waals surface area contributed by atoms with Gasteiger partial charge in [-0.2, -0.15) is 0 Å². The molecule has 0 spiro atoms. The second-order valence-corrected chi connectivity index (χ2v) is 6.67. The Morgan fingerprint density at radius 3 is 2.77 bits per heavy atom. The number of likely N-dealkylation sites (N-methyl/N-ethyl adjacent to an activating group) is 1. The van der Waals surface area contributed by atoms with Crippen molar-refractivity contribution >= 4 is 27.1 Å². The largest absolute Gasteiger partial charge is 1.00 e. The number of nitrogens with zero attached hydrogens (tertiary/aromatic N) is 1. The molecule has 0 aliphatic carbocycles. The Morgan fingerprint density at radius 1 is 1.32 bits per heavy atom. The maximum Gasteiger partial charge on any atom is 1.00 e. The standard InChI is InChI=1S/C13H13NO5S2.Na/c1-14(9-3-2-4-10(5-9)21(15,16)17)13-6-18-11-7-20-8-12(11)19-13;/h2-5,7-8,13H,6H2,1H3,(H,15,16,17);/q;+1/p-1. The predicted octanol–water partition coefficient (Wildman–Crippen LogP) is -1.11. The van der Waals surface area contributed by atoms with Crippen LogP contribution in [0.4, 0.5) is 5.69 Å². The van der Waals surface area contributed by atoms with Gasteiger partial charge in [0.25, 0.3) is 0 Å². The topological polar surface area (TPSA) is 78.9 Å². The van der Waals surface area contributed by atoms with E-state index in [2.05, 4.69) is 0 Å². The van der Waals surface area contributed by atoms with Crippen molar-refractivity contribution in [3.05, 3.63) is 35.0 Å². The zero-order chi connectivity index (χ0) is 15.0. The van der Waals surface area contributed by atoms with Crippen molar-refractivity contribution < 1.29 is 52.0 Å². The zero-order valence-corrected chi connectivity index (χ0v) is 15.7. The zero-order valence-electron chi connectivity index (χ0n) is 12.1. The smallest absolute Gasteiger partial charge is 0.744 e. The van der Waals surface area contributed by atoms with Crippen LogP contribution in [0.1, 0.15) is 0 Å². The van der Waals surface area contributed by atoms with Crippen molar-refractivity contribution in [3.8, 4) is 11.5 Å². The van der Waals surface area contributed by atoms with Crippen LogP contribution in [-0.4, -0.2) is 32.9 Å². The summed E-state index contributed by atoms with van der Waals surface area (Å²) >= 11 is 1.48. The summed E-state index contributed by atoms with van der Waals surface area (Å²) in [4.78, 5) is 1.47. The first-order valence-corrected chi connectivity index (χ1v) is 8.45. The second-order valence-electron chi connectivity index (χ2n) is 4.55. The van der Waals surface area contributed by atoms with Gasteiger partial charge in [-0.1, -0.05) is 6.07 Å². The molecule has 22 heavy (non-hydrogen) atoms. The molecular formula is C13H12NNaO5S2. The second kappa shape index (κ2) is 6.77. The Kier molecular flexibility index (Phi) is 5.41. The molecule has 112 valence electrons. The molecule has 1 atom stereocenters. The van der Waals surface area contributed by atoms with E-state index in [1.54, 1.807) is 18.0 Å². The van der Waals surface area contributed by atoms with Gasteiger partial charge in [0.1, 0.15) is 16.7 Å². The molecular weight excluding hydrogens is 337 g/mol. The van der Waals surface area contributed by atoms with E-state index in [1.165, 1.54) is 29.5 Å². The summed E-state index contributed by atoms with van der Waals surface area (Å²) in [6.07, 6.45) is -0.392. The monoisotopic (exact) mass is 349 g/mol. The molecule has 0 radical (unpaired) electrons. The van der Waals surface area contributed by atoms with Crippen molar-refractivity contribution in [1.29, 1.82) is 0 Å². The molecule has 3 rings (SSSR count). The first-order valence-electron chi connectivity index (χ1n) is 6.09. The van der Waals surface area contributed by atoms with Gasteiger partial charge in [-0.25, -0.2) is 8.42 Å². The van der Waals surface area contributed by atoms with Crippen LogP contribution in [0, 0.1) is 0 Å². The first-order chi connectivity index (χ1) is 9.95. The fraction of sp³-hybridized carbons (Fsp3) is 0.231. The molecule has 1 aliphatic rings. The molecule has 0 saturated heterocycles. The Balaban J connectivity index is 0.00000176. The van der Waals surface area contributed by atoms with Crippen LogP contribution in [0.5, 0.6) is 11.5 Å². The maximum absolute atomic E-state index is 11.1. The molecule has 0 fully saturated rings. The van der Waals surface area contributed by atoms with Crippen LogP contribution in [0.15, 0.2) is 39.9 Å². The van der Waals surface area contributed by atoms with E-state index in [4.69, 9.17) is 9.47 Å². The predicted molar refractivity (Wildman–Crippen MR) is 77.0 cm³/mol. The van der Waals surface area contributed by atoms with E-state index >= 15 is 0 Å². The number of benzene rings is 1. The molecule has 0 N–H and O–H groups in total. The molecule has 1 aromatic carbocycles. The number of anilines is 1. The van der Waals surface area contributed by atoms with Crippen molar-refractivity contribution in [1.82, 2.24) is 0 Å². The van der Waals surface area contributed by atoms with Gasteiger partial charge >= 0.3 is 29.6 Å². The molecule has 9 heteroatoms. The van der Waals surface area contributed by atoms with E-state index < -0.39 is 16.3 Å². The van der Waals surface area contributed by atoms with Gasteiger partial charge in [0.2, 0.25) is 6.23 Å². The number of hydrogen-bond donors (Lipinski definition) is 0. The van der Waals surface area contributed by atoms with Gasteiger partial charge < -0.3 is 18.9 Å². The summed E-state index contributed by atoms with van der Waals surface area (Å²) in [5, 5.41) is 3.70. The van der Waals surface area contributed by atoms with Crippen LogP contribution < -0.4 is 43.9 Å². The van der Waals surface area contributed by atoms with E-state index in [-0.39, 0.29) is 34.5 Å². The number of thiophene rings is 1. The Labute approximate surface area is 154 Å². The molecule has 0 saturated carbocycles. The summed E-state index contributed by atoms with van der Waals surface area (Å²) in [7, 11) is -2.72. The number of rotatable bonds is 3. The minimum absolute atomic E-state index is 0. The summed E-state index contributed by atoms with van der Waals surface area (Å²) in [5.41, 5.74) is 0.569. The van der Waals surface area contributed by atoms with Crippen molar-refractivity contribution in [3.63, 3.8) is 0 Å². The van der Waals surface area contributed by atoms with Crippen molar-refractivity contribution in [2.45, 2.75) is 11.1 Å². The van der Waals surface area contributed by atoms with Crippen molar-refractivity contribution in [2.75, 3.05) is 18.6 Å². The molecule has 0 bridgehead atoms. The van der Waals surface area contributed by atoms with Gasteiger partial charge in [-0.05, 0) is 18.2 Å². The molecule has 6 nitrogen and oxygen atoms in total. The third kappa shape index (κ3) is 3.58. The average molecular weight is 349 g/mol. The van der Waals surface area contributed by atoms with Crippen LogP contribution in [0.2, 0.25) is 0 Å². The minimum Gasteiger partial charge on any atom is -0.744 e. The van der Waals surface area contributed by atoms with E-state index in [0.29, 0.717) is 23.8 Å². The SMILES string of the molecule is CN(c1cccc(S(=O)(=O)[O-])c1)C1COc2cscc2O1.[Na+]. The quantitative estimate of drug-likeness (QED) is 0.517. The fourth-order valence-corrected chi connectivity index (χ4v) is 3.20. The van der Waals surface area contributed by atoms with Crippen LogP contribution in [0.3, 0.4) is 0 Å². The third-order valence-corrected chi connectivity index (χ3v) is 4.71. The van der Waals surface area contributed by atoms with Gasteiger partial charge in [0.05, 0.1) is 4.90 Å². The molecule has 1 aromatic heterocycles. The number of ether oxygens (including phenoxy) is 2. The van der Waals surface area contributed by atoms with E-state index in [1.807, 2.05) is 10.8 Å². The molecule has 2 aromatic rings. The normalized spacial score (nSPS) is 16.7. The third-order valence-electron chi connectivity index (χ3n) is 3.18. The van der Waals surface area contributed by atoms with E-state index in [9.17, 15) is 13.0 Å². The van der Waals surface area contributed by atoms with Gasteiger partial charge in [-0.3, -0.25) is 0 Å². The van der Waals surface area contributed by atoms with Crippen LogP contribution in [0.25, 0.3) is 0 Å². The Morgan fingerprint density at radius 2 is 2.05 bits per heavy atom. The minimum atomic E-state index is -4.48. The molecule has 1 aliphatic heterocycles. The summed E-state index contributed by atoms with van der Waals surface area (Å²) < 4.78 is 44.6. The number of hydrogen-bond acceptors (Lipinski definition) is 7. The Hall–Kier alpha value is -0.770.